The molecule has 4 nitrogen and oxygen atoms in total. The molecule has 1 aromatic carbocycles. The van der Waals surface area contributed by atoms with E-state index in [1.165, 1.54) is 6.20 Å². The number of hydrogen-bond donors (Lipinski definition) is 2. The predicted octanol–water partition coefficient (Wildman–Crippen LogP) is 3.79. The van der Waals surface area contributed by atoms with Crippen LogP contribution in [0.5, 0.6) is 0 Å². The third kappa shape index (κ3) is 5.78. The first kappa shape index (κ1) is 18.8. The number of para-hydroxylation sites is 1. The van der Waals surface area contributed by atoms with E-state index in [1.54, 1.807) is 0 Å². The zero-order valence-corrected chi connectivity index (χ0v) is 14.6. The molecule has 0 aliphatic rings. The van der Waals surface area contributed by atoms with E-state index < -0.39 is 0 Å². The highest BCUT2D eigenvalue weighted by molar-refractivity contribution is 6.07. The molecule has 0 heterocycles. The lowest BCUT2D eigenvalue weighted by atomic mass is 10.0. The molecule has 0 aliphatic heterocycles. The maximum absolute atomic E-state index is 12.4. The second-order valence-corrected chi connectivity index (χ2v) is 5.92. The van der Waals surface area contributed by atoms with Crippen molar-refractivity contribution in [3.8, 4) is 6.07 Å². The fourth-order valence-electron chi connectivity index (χ4n) is 2.28. The van der Waals surface area contributed by atoms with Gasteiger partial charge in [-0.25, -0.2) is 0 Å². The smallest absolute Gasteiger partial charge is 0.267 e. The highest BCUT2D eigenvalue weighted by Crippen LogP contribution is 2.23. The van der Waals surface area contributed by atoms with Crippen molar-refractivity contribution in [2.24, 2.45) is 5.92 Å². The van der Waals surface area contributed by atoms with Crippen LogP contribution in [0, 0.1) is 17.2 Å². The Bertz CT molecular complexity index is 575. The lowest BCUT2D eigenvalue weighted by Gasteiger charge is -2.14. The molecule has 0 aliphatic carbocycles. The summed E-state index contributed by atoms with van der Waals surface area (Å²) in [6, 6.07) is 7.98. The van der Waals surface area contributed by atoms with Crippen LogP contribution < -0.4 is 10.6 Å². The second-order valence-electron chi connectivity index (χ2n) is 5.92. The van der Waals surface area contributed by atoms with Crippen LogP contribution in [-0.4, -0.2) is 12.5 Å². The van der Waals surface area contributed by atoms with Gasteiger partial charge in [0.15, 0.2) is 0 Å². The molecule has 124 valence electrons. The molecule has 23 heavy (non-hydrogen) atoms. The SMILES string of the molecule is CCc1cccc(CC)c1NC(=O)/C(C#N)=C\NCCC(C)C. The summed E-state index contributed by atoms with van der Waals surface area (Å²) < 4.78 is 0. The van der Waals surface area contributed by atoms with E-state index in [9.17, 15) is 10.1 Å². The molecule has 0 radical (unpaired) electrons. The lowest BCUT2D eigenvalue weighted by molar-refractivity contribution is -0.112. The number of hydrogen-bond acceptors (Lipinski definition) is 3. The van der Waals surface area contributed by atoms with Crippen molar-refractivity contribution in [2.75, 3.05) is 11.9 Å². The van der Waals surface area contributed by atoms with Crippen LogP contribution in [0.25, 0.3) is 0 Å². The Balaban J connectivity index is 2.85. The highest BCUT2D eigenvalue weighted by Gasteiger charge is 2.13. The first-order valence-corrected chi connectivity index (χ1v) is 8.29. The summed E-state index contributed by atoms with van der Waals surface area (Å²) in [5.74, 6) is 0.221. The Morgan fingerprint density at radius 2 is 1.87 bits per heavy atom. The van der Waals surface area contributed by atoms with Crippen molar-refractivity contribution in [1.82, 2.24) is 5.32 Å². The maximum atomic E-state index is 12.4. The van der Waals surface area contributed by atoms with E-state index in [2.05, 4.69) is 38.3 Å². The van der Waals surface area contributed by atoms with Gasteiger partial charge in [0.1, 0.15) is 11.6 Å². The third-order valence-electron chi connectivity index (χ3n) is 3.71. The van der Waals surface area contributed by atoms with E-state index in [4.69, 9.17) is 0 Å². The minimum absolute atomic E-state index is 0.0988. The summed E-state index contributed by atoms with van der Waals surface area (Å²) >= 11 is 0. The number of nitrogens with zero attached hydrogens (tertiary/aromatic N) is 1. The monoisotopic (exact) mass is 313 g/mol. The number of carbonyl (C=O) groups is 1. The summed E-state index contributed by atoms with van der Waals surface area (Å²) in [4.78, 5) is 12.4. The van der Waals surface area contributed by atoms with Crippen LogP contribution in [0.2, 0.25) is 0 Å². The minimum Gasteiger partial charge on any atom is -0.390 e. The number of nitrogens with one attached hydrogen (secondary N) is 2. The molecule has 0 aromatic heterocycles. The number of carbonyl (C=O) groups excluding carboxylic acids is 1. The van der Waals surface area contributed by atoms with Gasteiger partial charge in [-0.15, -0.1) is 0 Å². The van der Waals surface area contributed by atoms with Crippen LogP contribution in [0.15, 0.2) is 30.0 Å². The number of rotatable bonds is 8. The second kappa shape index (κ2) is 9.68. The highest BCUT2D eigenvalue weighted by atomic mass is 16.1. The van der Waals surface area contributed by atoms with Gasteiger partial charge in [-0.2, -0.15) is 5.26 Å². The average Bonchev–Trinajstić information content (AvgIpc) is 2.54. The van der Waals surface area contributed by atoms with Crippen molar-refractivity contribution < 1.29 is 4.79 Å². The number of benzene rings is 1. The Morgan fingerprint density at radius 1 is 1.26 bits per heavy atom. The Morgan fingerprint density at radius 3 is 2.35 bits per heavy atom. The minimum atomic E-state index is -0.361. The van der Waals surface area contributed by atoms with Crippen molar-refractivity contribution in [2.45, 2.75) is 47.0 Å². The fourth-order valence-corrected chi connectivity index (χ4v) is 2.28. The summed E-state index contributed by atoms with van der Waals surface area (Å²) in [5.41, 5.74) is 3.11. The van der Waals surface area contributed by atoms with Gasteiger partial charge >= 0.3 is 0 Å². The van der Waals surface area contributed by atoms with E-state index in [0.717, 1.165) is 42.6 Å². The molecule has 1 rings (SSSR count). The summed E-state index contributed by atoms with van der Waals surface area (Å²) in [5, 5.41) is 15.2. The van der Waals surface area contributed by atoms with E-state index in [1.807, 2.05) is 24.3 Å². The van der Waals surface area contributed by atoms with Gasteiger partial charge in [-0.1, -0.05) is 45.9 Å². The molecule has 0 atom stereocenters. The zero-order valence-electron chi connectivity index (χ0n) is 14.6. The molecule has 0 saturated heterocycles. The van der Waals surface area contributed by atoms with E-state index >= 15 is 0 Å². The number of nitriles is 1. The summed E-state index contributed by atoms with van der Waals surface area (Å²) in [6.45, 7) is 9.13. The number of aryl methyl sites for hydroxylation is 2. The van der Waals surface area contributed by atoms with Crippen LogP contribution in [0.1, 0.15) is 45.2 Å². The molecule has 4 heteroatoms. The van der Waals surface area contributed by atoms with Crippen molar-refractivity contribution >= 4 is 11.6 Å². The normalized spacial score (nSPS) is 11.2. The average molecular weight is 313 g/mol. The largest absolute Gasteiger partial charge is 0.390 e. The van der Waals surface area contributed by atoms with Gasteiger partial charge in [-0.05, 0) is 36.3 Å². The van der Waals surface area contributed by atoms with Crippen LogP contribution in [-0.2, 0) is 17.6 Å². The lowest BCUT2D eigenvalue weighted by Crippen LogP contribution is -2.19. The zero-order chi connectivity index (χ0) is 17.2. The molecular weight excluding hydrogens is 286 g/mol. The van der Waals surface area contributed by atoms with Gasteiger partial charge in [0.2, 0.25) is 0 Å². The summed E-state index contributed by atoms with van der Waals surface area (Å²) in [7, 11) is 0. The quantitative estimate of drug-likeness (QED) is 0.436. The van der Waals surface area contributed by atoms with Gasteiger partial charge in [-0.3, -0.25) is 4.79 Å². The summed E-state index contributed by atoms with van der Waals surface area (Å²) in [6.07, 6.45) is 4.18. The Hall–Kier alpha value is -2.28. The Labute approximate surface area is 139 Å². The molecule has 0 bridgehead atoms. The third-order valence-corrected chi connectivity index (χ3v) is 3.71. The topological polar surface area (TPSA) is 64.9 Å². The first-order valence-electron chi connectivity index (χ1n) is 8.29. The van der Waals surface area contributed by atoms with E-state index in [-0.39, 0.29) is 11.5 Å². The first-order chi connectivity index (χ1) is 11.0. The molecular formula is C19H27N3O. The standard InChI is InChI=1S/C19H27N3O/c1-5-15-8-7-9-16(6-2)18(15)22-19(23)17(12-20)13-21-11-10-14(3)4/h7-9,13-14,21H,5-6,10-11H2,1-4H3,(H,22,23)/b17-13-. The van der Waals surface area contributed by atoms with Crippen LogP contribution in [0.3, 0.4) is 0 Å². The van der Waals surface area contributed by atoms with Crippen LogP contribution >= 0.6 is 0 Å². The van der Waals surface area contributed by atoms with Crippen molar-refractivity contribution in [1.29, 1.82) is 5.26 Å². The predicted molar refractivity (Wildman–Crippen MR) is 95.0 cm³/mol. The van der Waals surface area contributed by atoms with Crippen molar-refractivity contribution in [3.05, 3.63) is 41.1 Å². The van der Waals surface area contributed by atoms with E-state index in [0.29, 0.717) is 5.92 Å². The van der Waals surface area contributed by atoms with Gasteiger partial charge in [0, 0.05) is 18.4 Å². The maximum Gasteiger partial charge on any atom is 0.267 e. The molecule has 0 unspecified atom stereocenters. The molecule has 0 saturated carbocycles. The number of anilines is 1. The molecule has 0 spiro atoms. The molecule has 0 fully saturated rings. The molecule has 2 N–H and O–H groups in total. The molecule has 1 aromatic rings. The number of amides is 1. The van der Waals surface area contributed by atoms with Crippen molar-refractivity contribution in [3.63, 3.8) is 0 Å². The fraction of sp³-hybridized carbons (Fsp3) is 0.474. The van der Waals surface area contributed by atoms with Gasteiger partial charge < -0.3 is 10.6 Å². The Kier molecular flexibility index (Phi) is 7.90. The van der Waals surface area contributed by atoms with Gasteiger partial charge in [0.05, 0.1) is 0 Å². The van der Waals surface area contributed by atoms with Gasteiger partial charge in [0.25, 0.3) is 5.91 Å². The molecule has 1 amide bonds. The van der Waals surface area contributed by atoms with Crippen LogP contribution in [0.4, 0.5) is 5.69 Å².